The maximum absolute atomic E-state index is 13.0. The van der Waals surface area contributed by atoms with Crippen LogP contribution in [0.4, 0.5) is 0 Å². The molecule has 0 bridgehead atoms. The number of hydrogen-bond acceptors (Lipinski definition) is 4. The Labute approximate surface area is 182 Å². The van der Waals surface area contributed by atoms with Crippen LogP contribution in [0.25, 0.3) is 0 Å². The summed E-state index contributed by atoms with van der Waals surface area (Å²) < 4.78 is 0.699. The molecule has 3 rings (SSSR count). The molecule has 2 aromatic rings. The third-order valence-electron chi connectivity index (χ3n) is 5.05. The molecule has 0 unspecified atom stereocenters. The summed E-state index contributed by atoms with van der Waals surface area (Å²) in [6.07, 6.45) is 1.36. The van der Waals surface area contributed by atoms with Crippen molar-refractivity contribution in [3.05, 3.63) is 68.7 Å². The standard InChI is InChI=1S/C21H21BrClN3O3/c1-13-15(8-4-10-18(13)23)21(28)26-11-5-6-14(12-26)20(27)24-19(25-29)16-7-2-3-9-17(16)22/h2-4,7-10,14,29H,5-6,11-12H2,1H3,(H,24,25,27)/t14-/m0/s1. The summed E-state index contributed by atoms with van der Waals surface area (Å²) >= 11 is 9.53. The van der Waals surface area contributed by atoms with Gasteiger partial charge >= 0.3 is 0 Å². The lowest BCUT2D eigenvalue weighted by molar-refractivity contribution is -0.124. The highest BCUT2D eigenvalue weighted by atomic mass is 79.9. The first-order valence-electron chi connectivity index (χ1n) is 9.24. The van der Waals surface area contributed by atoms with E-state index in [-0.39, 0.29) is 17.6 Å². The van der Waals surface area contributed by atoms with Crippen molar-refractivity contribution in [2.75, 3.05) is 13.1 Å². The summed E-state index contributed by atoms with van der Waals surface area (Å²) in [7, 11) is 0. The molecule has 1 atom stereocenters. The molecular weight excluding hydrogens is 458 g/mol. The number of benzene rings is 2. The fraction of sp³-hybridized carbons (Fsp3) is 0.286. The molecule has 0 aliphatic carbocycles. The summed E-state index contributed by atoms with van der Waals surface area (Å²) in [5, 5.41) is 15.8. The molecule has 152 valence electrons. The van der Waals surface area contributed by atoms with Gasteiger partial charge in [0.15, 0.2) is 5.84 Å². The highest BCUT2D eigenvalue weighted by Crippen LogP contribution is 2.24. The minimum absolute atomic E-state index is 0.0663. The smallest absolute Gasteiger partial charge is 0.254 e. The van der Waals surface area contributed by atoms with Crippen LogP contribution in [0.1, 0.15) is 34.3 Å². The quantitative estimate of drug-likeness (QED) is 0.300. The number of oxime groups is 1. The van der Waals surface area contributed by atoms with Crippen LogP contribution in [0.3, 0.4) is 0 Å². The molecule has 0 spiro atoms. The van der Waals surface area contributed by atoms with Gasteiger partial charge in [0.05, 0.1) is 5.92 Å². The lowest BCUT2D eigenvalue weighted by Crippen LogP contribution is -2.47. The van der Waals surface area contributed by atoms with Gasteiger partial charge in [-0.1, -0.05) is 50.9 Å². The molecule has 0 aromatic heterocycles. The molecule has 1 heterocycles. The van der Waals surface area contributed by atoms with E-state index in [2.05, 4.69) is 26.4 Å². The van der Waals surface area contributed by atoms with E-state index in [0.29, 0.717) is 46.6 Å². The fourth-order valence-electron chi connectivity index (χ4n) is 3.40. The van der Waals surface area contributed by atoms with Gasteiger partial charge in [-0.05, 0) is 49.6 Å². The number of amidine groups is 1. The molecule has 2 amide bonds. The predicted molar refractivity (Wildman–Crippen MR) is 115 cm³/mol. The third kappa shape index (κ3) is 4.79. The Kier molecular flexibility index (Phi) is 6.92. The second kappa shape index (κ2) is 9.41. The first-order valence-corrected chi connectivity index (χ1v) is 10.4. The van der Waals surface area contributed by atoms with Crippen molar-refractivity contribution in [3.63, 3.8) is 0 Å². The van der Waals surface area contributed by atoms with Gasteiger partial charge in [-0.15, -0.1) is 0 Å². The number of likely N-dealkylation sites (tertiary alicyclic amines) is 1. The number of carbonyl (C=O) groups excluding carboxylic acids is 2. The highest BCUT2D eigenvalue weighted by molar-refractivity contribution is 9.10. The SMILES string of the molecule is Cc1c(Cl)cccc1C(=O)N1CCC[C@H](C(=O)N/C(=N\O)c2ccccc2Br)C1. The predicted octanol–water partition coefficient (Wildman–Crippen LogP) is 4.22. The Hall–Kier alpha value is -2.38. The monoisotopic (exact) mass is 477 g/mol. The van der Waals surface area contributed by atoms with Crippen LogP contribution < -0.4 is 5.32 Å². The van der Waals surface area contributed by atoms with E-state index >= 15 is 0 Å². The Morgan fingerprint density at radius 2 is 1.93 bits per heavy atom. The van der Waals surface area contributed by atoms with Gasteiger partial charge in [0.1, 0.15) is 0 Å². The topological polar surface area (TPSA) is 82.0 Å². The van der Waals surface area contributed by atoms with Crippen molar-refractivity contribution < 1.29 is 14.8 Å². The van der Waals surface area contributed by atoms with Crippen molar-refractivity contribution in [3.8, 4) is 0 Å². The number of rotatable bonds is 3. The lowest BCUT2D eigenvalue weighted by Gasteiger charge is -2.32. The zero-order valence-corrected chi connectivity index (χ0v) is 18.2. The van der Waals surface area contributed by atoms with Gasteiger partial charge in [-0.3, -0.25) is 9.59 Å². The summed E-state index contributed by atoms with van der Waals surface area (Å²) in [6.45, 7) is 2.69. The first kappa shape index (κ1) is 21.3. The molecule has 0 saturated carbocycles. The lowest BCUT2D eigenvalue weighted by atomic mass is 9.95. The van der Waals surface area contributed by atoms with Crippen LogP contribution in [0, 0.1) is 12.8 Å². The maximum Gasteiger partial charge on any atom is 0.254 e. The molecule has 8 heteroatoms. The van der Waals surface area contributed by atoms with Crippen LogP contribution in [0.5, 0.6) is 0 Å². The van der Waals surface area contributed by atoms with Crippen molar-refractivity contribution in [1.82, 2.24) is 10.2 Å². The number of halogens is 2. The number of nitrogens with one attached hydrogen (secondary N) is 1. The number of piperidine rings is 1. The Bertz CT molecular complexity index is 964. The highest BCUT2D eigenvalue weighted by Gasteiger charge is 2.30. The Morgan fingerprint density at radius 3 is 2.66 bits per heavy atom. The van der Waals surface area contributed by atoms with Crippen LogP contribution in [0.15, 0.2) is 52.1 Å². The van der Waals surface area contributed by atoms with E-state index in [1.165, 1.54) is 0 Å². The number of carbonyl (C=O) groups is 2. The molecule has 2 aromatic carbocycles. The Balaban J connectivity index is 1.71. The zero-order valence-electron chi connectivity index (χ0n) is 15.9. The molecule has 1 saturated heterocycles. The molecule has 0 radical (unpaired) electrons. The molecule has 1 aliphatic rings. The average Bonchev–Trinajstić information content (AvgIpc) is 2.74. The van der Waals surface area contributed by atoms with Gasteiger partial charge in [0, 0.05) is 33.7 Å². The number of nitrogens with zero attached hydrogens (tertiary/aromatic N) is 2. The van der Waals surface area contributed by atoms with E-state index in [1.54, 1.807) is 41.3 Å². The molecule has 1 fully saturated rings. The number of amides is 2. The van der Waals surface area contributed by atoms with Gasteiger partial charge in [0.2, 0.25) is 5.91 Å². The average molecular weight is 479 g/mol. The van der Waals surface area contributed by atoms with Crippen molar-refractivity contribution in [2.45, 2.75) is 19.8 Å². The molecule has 2 N–H and O–H groups in total. The second-order valence-corrected chi connectivity index (χ2v) is 8.18. The number of hydrogen-bond donors (Lipinski definition) is 2. The van der Waals surface area contributed by atoms with E-state index in [0.717, 1.165) is 5.56 Å². The van der Waals surface area contributed by atoms with Crippen molar-refractivity contribution >= 4 is 45.2 Å². The van der Waals surface area contributed by atoms with E-state index < -0.39 is 5.92 Å². The summed E-state index contributed by atoms with van der Waals surface area (Å²) in [5.74, 6) is -0.749. The van der Waals surface area contributed by atoms with Crippen LogP contribution in [-0.2, 0) is 4.79 Å². The third-order valence-corrected chi connectivity index (χ3v) is 6.15. The van der Waals surface area contributed by atoms with Gasteiger partial charge < -0.3 is 15.4 Å². The maximum atomic E-state index is 13.0. The van der Waals surface area contributed by atoms with Crippen LogP contribution in [-0.4, -0.2) is 40.8 Å². The Morgan fingerprint density at radius 1 is 1.21 bits per heavy atom. The second-order valence-electron chi connectivity index (χ2n) is 6.92. The van der Waals surface area contributed by atoms with Crippen molar-refractivity contribution in [1.29, 1.82) is 0 Å². The van der Waals surface area contributed by atoms with E-state index in [4.69, 9.17) is 11.6 Å². The summed E-state index contributed by atoms with van der Waals surface area (Å²) in [5.41, 5.74) is 1.85. The minimum atomic E-state index is -0.397. The largest absolute Gasteiger partial charge is 0.409 e. The molecule has 29 heavy (non-hydrogen) atoms. The zero-order chi connectivity index (χ0) is 21.0. The normalized spacial score (nSPS) is 17.1. The molecular formula is C21H21BrClN3O3. The molecule has 6 nitrogen and oxygen atoms in total. The van der Waals surface area contributed by atoms with Gasteiger partial charge in [-0.2, -0.15) is 0 Å². The van der Waals surface area contributed by atoms with E-state index in [1.807, 2.05) is 13.0 Å². The van der Waals surface area contributed by atoms with Crippen molar-refractivity contribution in [2.24, 2.45) is 11.1 Å². The van der Waals surface area contributed by atoms with Gasteiger partial charge in [0.25, 0.3) is 5.91 Å². The van der Waals surface area contributed by atoms with Crippen LogP contribution in [0.2, 0.25) is 5.02 Å². The first-order chi connectivity index (χ1) is 13.9. The minimum Gasteiger partial charge on any atom is -0.409 e. The summed E-state index contributed by atoms with van der Waals surface area (Å²) in [4.78, 5) is 27.4. The van der Waals surface area contributed by atoms with Gasteiger partial charge in [-0.25, -0.2) is 0 Å². The van der Waals surface area contributed by atoms with Crippen LogP contribution >= 0.6 is 27.5 Å². The summed E-state index contributed by atoms with van der Waals surface area (Å²) in [6, 6.07) is 12.4. The van der Waals surface area contributed by atoms with E-state index in [9.17, 15) is 14.8 Å². The fourth-order valence-corrected chi connectivity index (χ4v) is 4.05. The molecule has 1 aliphatic heterocycles.